The van der Waals surface area contributed by atoms with Crippen LogP contribution in [-0.4, -0.2) is 25.1 Å². The fourth-order valence-corrected chi connectivity index (χ4v) is 4.32. The minimum atomic E-state index is -0.364. The van der Waals surface area contributed by atoms with Gasteiger partial charge in [0.1, 0.15) is 10.8 Å². The largest absolute Gasteiger partial charge is 0.484 e. The molecule has 26 heavy (non-hydrogen) atoms. The Labute approximate surface area is 157 Å². The van der Waals surface area contributed by atoms with Crippen LogP contribution in [0.5, 0.6) is 5.75 Å². The number of esters is 1. The number of hydrogen-bond donors (Lipinski definition) is 1. The van der Waals surface area contributed by atoms with E-state index in [4.69, 9.17) is 9.47 Å². The van der Waals surface area contributed by atoms with Gasteiger partial charge >= 0.3 is 5.97 Å². The standard InChI is InChI=1S/C20H23NO4S/c1-4-24-20(23)18-15-6-5-7-16(15)26-19(18)21-17(22)11-25-14-9-8-12(2)13(3)10-14/h8-10H,4-7,11H2,1-3H3,(H,21,22). The smallest absolute Gasteiger partial charge is 0.341 e. The third-order valence-electron chi connectivity index (χ3n) is 4.50. The Balaban J connectivity index is 1.69. The SMILES string of the molecule is CCOC(=O)c1c(NC(=O)COc2ccc(C)c(C)c2)sc2c1CCC2. The Morgan fingerprint density at radius 2 is 2.00 bits per heavy atom. The van der Waals surface area contributed by atoms with Crippen LogP contribution in [0.15, 0.2) is 18.2 Å². The molecule has 1 aromatic heterocycles. The topological polar surface area (TPSA) is 64.6 Å². The second kappa shape index (κ2) is 7.91. The summed E-state index contributed by atoms with van der Waals surface area (Å²) in [5, 5.41) is 3.40. The molecule has 1 aliphatic carbocycles. The molecule has 0 saturated carbocycles. The van der Waals surface area contributed by atoms with Crippen LogP contribution in [0, 0.1) is 13.8 Å². The summed E-state index contributed by atoms with van der Waals surface area (Å²) in [6.45, 7) is 6.01. The molecule has 2 aromatic rings. The zero-order valence-corrected chi connectivity index (χ0v) is 16.1. The third-order valence-corrected chi connectivity index (χ3v) is 5.71. The van der Waals surface area contributed by atoms with Crippen molar-refractivity contribution in [1.29, 1.82) is 0 Å². The maximum absolute atomic E-state index is 12.3. The zero-order chi connectivity index (χ0) is 18.7. The first-order chi connectivity index (χ1) is 12.5. The molecule has 1 N–H and O–H groups in total. The van der Waals surface area contributed by atoms with Crippen molar-refractivity contribution in [3.8, 4) is 5.75 Å². The second-order valence-corrected chi connectivity index (χ2v) is 7.47. The van der Waals surface area contributed by atoms with E-state index in [1.54, 1.807) is 6.92 Å². The Hall–Kier alpha value is -2.34. The lowest BCUT2D eigenvalue weighted by Crippen LogP contribution is -2.21. The molecule has 0 aliphatic heterocycles. The summed E-state index contributed by atoms with van der Waals surface area (Å²) in [6.07, 6.45) is 2.84. The van der Waals surface area contributed by atoms with E-state index < -0.39 is 0 Å². The Kier molecular flexibility index (Phi) is 5.61. The van der Waals surface area contributed by atoms with Gasteiger partial charge in [-0.2, -0.15) is 0 Å². The molecule has 3 rings (SSSR count). The summed E-state index contributed by atoms with van der Waals surface area (Å²) in [6, 6.07) is 5.72. The van der Waals surface area contributed by atoms with Gasteiger partial charge in [0, 0.05) is 4.88 Å². The predicted molar refractivity (Wildman–Crippen MR) is 102 cm³/mol. The average molecular weight is 373 g/mol. The summed E-state index contributed by atoms with van der Waals surface area (Å²) >= 11 is 1.47. The highest BCUT2D eigenvalue weighted by Gasteiger charge is 2.28. The van der Waals surface area contributed by atoms with Crippen LogP contribution in [0.25, 0.3) is 0 Å². The van der Waals surface area contributed by atoms with E-state index in [0.717, 1.165) is 30.4 Å². The van der Waals surface area contributed by atoms with E-state index in [1.165, 1.54) is 21.8 Å². The molecule has 1 heterocycles. The predicted octanol–water partition coefficient (Wildman–Crippen LogP) is 4.05. The molecule has 1 aliphatic rings. The Bertz CT molecular complexity index is 841. The van der Waals surface area contributed by atoms with Crippen molar-refractivity contribution in [1.82, 2.24) is 0 Å². The molecular formula is C20H23NO4S. The second-order valence-electron chi connectivity index (χ2n) is 6.36. The van der Waals surface area contributed by atoms with Gasteiger partial charge in [-0.15, -0.1) is 11.3 Å². The van der Waals surface area contributed by atoms with Gasteiger partial charge < -0.3 is 14.8 Å². The van der Waals surface area contributed by atoms with E-state index in [2.05, 4.69) is 5.32 Å². The van der Waals surface area contributed by atoms with Gasteiger partial charge in [0.15, 0.2) is 6.61 Å². The van der Waals surface area contributed by atoms with Crippen molar-refractivity contribution in [3.63, 3.8) is 0 Å². The number of fused-ring (bicyclic) bond motifs is 1. The highest BCUT2D eigenvalue weighted by molar-refractivity contribution is 7.17. The van der Waals surface area contributed by atoms with Gasteiger partial charge in [-0.25, -0.2) is 4.79 Å². The van der Waals surface area contributed by atoms with Crippen molar-refractivity contribution in [2.24, 2.45) is 0 Å². The molecule has 6 heteroatoms. The number of amides is 1. The first-order valence-electron chi connectivity index (χ1n) is 8.81. The quantitative estimate of drug-likeness (QED) is 0.776. The molecule has 138 valence electrons. The Morgan fingerprint density at radius 1 is 1.19 bits per heavy atom. The Morgan fingerprint density at radius 3 is 2.73 bits per heavy atom. The van der Waals surface area contributed by atoms with Crippen LogP contribution in [0.3, 0.4) is 0 Å². The lowest BCUT2D eigenvalue weighted by atomic mass is 10.1. The van der Waals surface area contributed by atoms with Crippen LogP contribution in [0.1, 0.15) is 45.3 Å². The normalized spacial score (nSPS) is 12.6. The first kappa shape index (κ1) is 18.5. The van der Waals surface area contributed by atoms with Gasteiger partial charge in [0.05, 0.1) is 12.2 Å². The highest BCUT2D eigenvalue weighted by Crippen LogP contribution is 2.39. The first-order valence-corrected chi connectivity index (χ1v) is 9.62. The number of benzene rings is 1. The van der Waals surface area contributed by atoms with Crippen LogP contribution >= 0.6 is 11.3 Å². The fraction of sp³-hybridized carbons (Fsp3) is 0.400. The van der Waals surface area contributed by atoms with Gasteiger partial charge in [-0.3, -0.25) is 4.79 Å². The van der Waals surface area contributed by atoms with Crippen LogP contribution in [-0.2, 0) is 22.4 Å². The highest BCUT2D eigenvalue weighted by atomic mass is 32.1. The van der Waals surface area contributed by atoms with Crippen molar-refractivity contribution >= 4 is 28.2 Å². The zero-order valence-electron chi connectivity index (χ0n) is 15.3. The number of ether oxygens (including phenoxy) is 2. The molecule has 1 aromatic carbocycles. The van der Waals surface area contributed by atoms with Crippen molar-refractivity contribution < 1.29 is 19.1 Å². The lowest BCUT2D eigenvalue weighted by Gasteiger charge is -2.10. The van der Waals surface area contributed by atoms with Crippen LogP contribution < -0.4 is 10.1 Å². The summed E-state index contributed by atoms with van der Waals surface area (Å²) in [5.74, 6) is 0.00789. The number of thiophene rings is 1. The number of nitrogens with one attached hydrogen (secondary N) is 1. The number of carbonyl (C=O) groups is 2. The molecule has 0 saturated heterocycles. The van der Waals surface area contributed by atoms with Gasteiger partial charge in [0.2, 0.25) is 0 Å². The van der Waals surface area contributed by atoms with E-state index in [9.17, 15) is 9.59 Å². The molecule has 0 radical (unpaired) electrons. The fourth-order valence-electron chi connectivity index (χ4n) is 3.03. The average Bonchev–Trinajstić information content (AvgIpc) is 3.16. The number of anilines is 1. The molecule has 0 fully saturated rings. The monoisotopic (exact) mass is 373 g/mol. The molecule has 0 spiro atoms. The number of hydrogen-bond acceptors (Lipinski definition) is 5. The van der Waals surface area contributed by atoms with E-state index >= 15 is 0 Å². The summed E-state index contributed by atoms with van der Waals surface area (Å²) in [7, 11) is 0. The van der Waals surface area contributed by atoms with Gasteiger partial charge in [0.25, 0.3) is 5.91 Å². The van der Waals surface area contributed by atoms with Crippen LogP contribution in [0.4, 0.5) is 5.00 Å². The molecule has 5 nitrogen and oxygen atoms in total. The van der Waals surface area contributed by atoms with Gasteiger partial charge in [-0.1, -0.05) is 6.07 Å². The van der Waals surface area contributed by atoms with Crippen molar-refractivity contribution in [3.05, 3.63) is 45.3 Å². The maximum atomic E-state index is 12.3. The minimum absolute atomic E-state index is 0.104. The maximum Gasteiger partial charge on any atom is 0.341 e. The molecular weight excluding hydrogens is 350 g/mol. The van der Waals surface area contributed by atoms with Crippen molar-refractivity contribution in [2.75, 3.05) is 18.5 Å². The van der Waals surface area contributed by atoms with E-state index in [0.29, 0.717) is 22.9 Å². The van der Waals surface area contributed by atoms with Crippen LogP contribution in [0.2, 0.25) is 0 Å². The number of aryl methyl sites for hydroxylation is 3. The van der Waals surface area contributed by atoms with E-state index in [1.807, 2.05) is 32.0 Å². The third kappa shape index (κ3) is 3.90. The number of rotatable bonds is 6. The number of carbonyl (C=O) groups excluding carboxylic acids is 2. The van der Waals surface area contributed by atoms with Gasteiger partial charge in [-0.05, 0) is 68.9 Å². The lowest BCUT2D eigenvalue weighted by molar-refractivity contribution is -0.118. The minimum Gasteiger partial charge on any atom is -0.484 e. The molecule has 0 bridgehead atoms. The summed E-state index contributed by atoms with van der Waals surface area (Å²) in [4.78, 5) is 25.8. The molecule has 1 amide bonds. The molecule has 0 unspecified atom stereocenters. The van der Waals surface area contributed by atoms with E-state index in [-0.39, 0.29) is 18.5 Å². The molecule has 0 atom stereocenters. The van der Waals surface area contributed by atoms with Crippen molar-refractivity contribution in [2.45, 2.75) is 40.0 Å². The summed E-state index contributed by atoms with van der Waals surface area (Å²) in [5.41, 5.74) is 3.83. The summed E-state index contributed by atoms with van der Waals surface area (Å²) < 4.78 is 10.8.